The summed E-state index contributed by atoms with van der Waals surface area (Å²) in [6.07, 6.45) is 0. The first-order chi connectivity index (χ1) is 14.3. The number of carbonyl (C=O) groups is 3. The lowest BCUT2D eigenvalue weighted by Gasteiger charge is -2.41. The van der Waals surface area contributed by atoms with Gasteiger partial charge in [-0.3, -0.25) is 9.69 Å². The van der Waals surface area contributed by atoms with Crippen molar-refractivity contribution in [1.82, 2.24) is 0 Å². The van der Waals surface area contributed by atoms with E-state index in [1.165, 1.54) is 11.8 Å². The summed E-state index contributed by atoms with van der Waals surface area (Å²) in [6.45, 7) is 1.31. The number of carbonyl (C=O) groups excluding carboxylic acids is 3. The molecule has 0 spiro atoms. The van der Waals surface area contributed by atoms with Crippen LogP contribution in [-0.4, -0.2) is 37.2 Å². The lowest BCUT2D eigenvalue weighted by molar-refractivity contribution is -0.156. The van der Waals surface area contributed by atoms with Gasteiger partial charge in [0.2, 0.25) is 11.7 Å². The molecule has 2 heterocycles. The van der Waals surface area contributed by atoms with Crippen LogP contribution in [-0.2, 0) is 39.9 Å². The van der Waals surface area contributed by atoms with Crippen molar-refractivity contribution in [1.29, 1.82) is 0 Å². The number of anilines is 1. The van der Waals surface area contributed by atoms with Crippen molar-refractivity contribution in [2.45, 2.75) is 18.2 Å². The van der Waals surface area contributed by atoms with Gasteiger partial charge in [0, 0.05) is 18.1 Å². The zero-order chi connectivity index (χ0) is 21.7. The van der Waals surface area contributed by atoms with E-state index in [1.807, 2.05) is 0 Å². The van der Waals surface area contributed by atoms with Gasteiger partial charge >= 0.3 is 11.9 Å². The molecule has 154 valence electrons. The summed E-state index contributed by atoms with van der Waals surface area (Å²) in [6, 6.07) is 15.0. The van der Waals surface area contributed by atoms with Crippen molar-refractivity contribution in [3.63, 3.8) is 0 Å². The molecule has 2 aromatic carbocycles. The second kappa shape index (κ2) is 6.70. The molecule has 2 aliphatic heterocycles. The van der Waals surface area contributed by atoms with Gasteiger partial charge in [0.25, 0.3) is 5.72 Å². The second-order valence-electron chi connectivity index (χ2n) is 6.88. The summed E-state index contributed by atoms with van der Waals surface area (Å²) in [4.78, 5) is 39.5. The van der Waals surface area contributed by atoms with Gasteiger partial charge in [0.1, 0.15) is 5.57 Å². The molecule has 8 heteroatoms. The summed E-state index contributed by atoms with van der Waals surface area (Å²) in [5, 5.41) is 12.2. The maximum Gasteiger partial charge on any atom is 0.374 e. The highest BCUT2D eigenvalue weighted by molar-refractivity contribution is 6.06. The topological polar surface area (TPSA) is 102 Å². The highest BCUT2D eigenvalue weighted by Gasteiger charge is 2.74. The zero-order valence-electron chi connectivity index (χ0n) is 16.5. The summed E-state index contributed by atoms with van der Waals surface area (Å²) >= 11 is 0. The molecule has 0 aliphatic carbocycles. The van der Waals surface area contributed by atoms with Gasteiger partial charge in [-0.05, 0) is 6.07 Å². The number of methoxy groups -OCH3 is 2. The van der Waals surface area contributed by atoms with Crippen LogP contribution in [0.3, 0.4) is 0 Å². The van der Waals surface area contributed by atoms with Gasteiger partial charge in [-0.1, -0.05) is 48.5 Å². The smallest absolute Gasteiger partial charge is 0.374 e. The number of aliphatic hydroxyl groups is 1. The molecule has 0 fully saturated rings. The van der Waals surface area contributed by atoms with Crippen LogP contribution in [0.2, 0.25) is 0 Å². The Morgan fingerprint density at radius 2 is 1.53 bits per heavy atom. The van der Waals surface area contributed by atoms with E-state index < -0.39 is 40.5 Å². The summed E-state index contributed by atoms with van der Waals surface area (Å²) in [7, 11) is 2.25. The Morgan fingerprint density at radius 1 is 0.933 bits per heavy atom. The van der Waals surface area contributed by atoms with Crippen LogP contribution < -0.4 is 4.90 Å². The SMILES string of the molecule is COC(=O)C1=C(C(=O)OC)C2(O)c3ccccc3N(C(C)=O)C2(c2ccccc2)O1. The third kappa shape index (κ3) is 2.22. The molecule has 2 unspecified atom stereocenters. The van der Waals surface area contributed by atoms with Crippen LogP contribution in [0.5, 0.6) is 0 Å². The molecule has 2 aromatic rings. The molecule has 1 amide bonds. The molecule has 0 saturated carbocycles. The number of nitrogens with zero attached hydrogens (tertiary/aromatic N) is 1. The molecule has 2 atom stereocenters. The van der Waals surface area contributed by atoms with E-state index in [4.69, 9.17) is 14.2 Å². The van der Waals surface area contributed by atoms with Crippen LogP contribution >= 0.6 is 0 Å². The fourth-order valence-electron chi connectivity index (χ4n) is 4.31. The van der Waals surface area contributed by atoms with E-state index in [9.17, 15) is 19.5 Å². The minimum absolute atomic E-state index is 0.225. The standard InChI is InChI=1S/C22H19NO7/c1-13(24)23-16-12-8-7-11-15(16)21(27)17(19(25)28-2)18(20(26)29-3)30-22(21,23)14-9-5-4-6-10-14/h4-12,27H,1-3H3. The average Bonchev–Trinajstić information content (AvgIpc) is 3.16. The third-order valence-corrected chi connectivity index (χ3v) is 5.42. The van der Waals surface area contributed by atoms with Crippen molar-refractivity contribution in [2.24, 2.45) is 0 Å². The number of benzene rings is 2. The molecule has 0 saturated heterocycles. The number of amides is 1. The Kier molecular flexibility index (Phi) is 4.39. The quantitative estimate of drug-likeness (QED) is 0.770. The van der Waals surface area contributed by atoms with Crippen molar-refractivity contribution in [2.75, 3.05) is 19.1 Å². The van der Waals surface area contributed by atoms with Gasteiger partial charge < -0.3 is 19.3 Å². The van der Waals surface area contributed by atoms with Crippen LogP contribution in [0, 0.1) is 0 Å². The van der Waals surface area contributed by atoms with Gasteiger partial charge in [-0.15, -0.1) is 0 Å². The second-order valence-corrected chi connectivity index (χ2v) is 6.88. The Morgan fingerprint density at radius 3 is 2.13 bits per heavy atom. The molecule has 30 heavy (non-hydrogen) atoms. The van der Waals surface area contributed by atoms with Crippen molar-refractivity contribution in [3.8, 4) is 0 Å². The van der Waals surface area contributed by atoms with Crippen LogP contribution in [0.15, 0.2) is 65.9 Å². The highest BCUT2D eigenvalue weighted by Crippen LogP contribution is 2.64. The number of hydrogen-bond donors (Lipinski definition) is 1. The first-order valence-corrected chi connectivity index (χ1v) is 9.13. The summed E-state index contributed by atoms with van der Waals surface area (Å²) < 4.78 is 15.7. The maximum absolute atomic E-state index is 12.8. The van der Waals surface area contributed by atoms with Gasteiger partial charge in [-0.2, -0.15) is 0 Å². The van der Waals surface area contributed by atoms with E-state index in [2.05, 4.69) is 0 Å². The third-order valence-electron chi connectivity index (χ3n) is 5.42. The molecule has 0 aromatic heterocycles. The maximum atomic E-state index is 12.8. The predicted molar refractivity (Wildman–Crippen MR) is 104 cm³/mol. The fraction of sp³-hybridized carbons (Fsp3) is 0.227. The van der Waals surface area contributed by atoms with Gasteiger partial charge in [0.15, 0.2) is 5.60 Å². The number of fused-ring (bicyclic) bond motifs is 3. The van der Waals surface area contributed by atoms with Crippen molar-refractivity contribution < 1.29 is 33.7 Å². The monoisotopic (exact) mass is 409 g/mol. The zero-order valence-corrected chi connectivity index (χ0v) is 16.5. The summed E-state index contributed by atoms with van der Waals surface area (Å²) in [5.74, 6) is -2.93. The number of rotatable bonds is 3. The first kappa shape index (κ1) is 19.7. The van der Waals surface area contributed by atoms with E-state index in [0.717, 1.165) is 14.2 Å². The predicted octanol–water partition coefficient (Wildman–Crippen LogP) is 1.72. The van der Waals surface area contributed by atoms with E-state index in [-0.39, 0.29) is 5.56 Å². The molecule has 4 rings (SSSR count). The van der Waals surface area contributed by atoms with E-state index >= 15 is 0 Å². The summed E-state index contributed by atoms with van der Waals surface area (Å²) in [5.41, 5.74) is -3.68. The molecule has 2 aliphatic rings. The minimum atomic E-state index is -2.23. The lowest BCUT2D eigenvalue weighted by atomic mass is 9.77. The van der Waals surface area contributed by atoms with E-state index in [1.54, 1.807) is 54.6 Å². The van der Waals surface area contributed by atoms with Gasteiger partial charge in [-0.25, -0.2) is 9.59 Å². The van der Waals surface area contributed by atoms with Crippen LogP contribution in [0.4, 0.5) is 5.69 Å². The molecule has 0 bridgehead atoms. The van der Waals surface area contributed by atoms with Gasteiger partial charge in [0.05, 0.1) is 19.9 Å². The van der Waals surface area contributed by atoms with Crippen molar-refractivity contribution >= 4 is 23.5 Å². The van der Waals surface area contributed by atoms with Crippen LogP contribution in [0.1, 0.15) is 18.1 Å². The average molecular weight is 409 g/mol. The number of esters is 2. The number of para-hydroxylation sites is 1. The lowest BCUT2D eigenvalue weighted by Crippen LogP contribution is -2.57. The Balaban J connectivity index is 2.16. The Labute approximate surface area is 172 Å². The number of hydrogen-bond acceptors (Lipinski definition) is 7. The molecular formula is C22H19NO7. The van der Waals surface area contributed by atoms with E-state index in [0.29, 0.717) is 11.3 Å². The molecular weight excluding hydrogens is 390 g/mol. The molecule has 1 N–H and O–H groups in total. The Bertz CT molecular complexity index is 1090. The van der Waals surface area contributed by atoms with Crippen molar-refractivity contribution in [3.05, 3.63) is 77.1 Å². The molecule has 0 radical (unpaired) electrons. The Hall–Kier alpha value is -3.65. The highest BCUT2D eigenvalue weighted by atomic mass is 16.6. The molecule has 8 nitrogen and oxygen atoms in total. The number of ether oxygens (including phenoxy) is 3. The van der Waals surface area contributed by atoms with Crippen LogP contribution in [0.25, 0.3) is 0 Å². The minimum Gasteiger partial charge on any atom is -0.465 e. The largest absolute Gasteiger partial charge is 0.465 e. The normalized spacial score (nSPS) is 24.1. The first-order valence-electron chi connectivity index (χ1n) is 9.13. The fourth-order valence-corrected chi connectivity index (χ4v) is 4.31.